The highest BCUT2D eigenvalue weighted by Gasteiger charge is 2.22. The zero-order valence-corrected chi connectivity index (χ0v) is 10.3. The molecule has 1 amide bonds. The van der Waals surface area contributed by atoms with E-state index in [-0.39, 0.29) is 0 Å². The van der Waals surface area contributed by atoms with Gasteiger partial charge in [0.15, 0.2) is 6.04 Å². The maximum atomic E-state index is 12.1. The van der Waals surface area contributed by atoms with E-state index in [1.54, 1.807) is 12.1 Å². The molecule has 102 valence electrons. The number of hydrogen-bond acceptors (Lipinski definition) is 4. The van der Waals surface area contributed by atoms with Crippen LogP contribution in [0.4, 0.5) is 0 Å². The largest absolute Gasteiger partial charge is 0.480 e. The summed E-state index contributed by atoms with van der Waals surface area (Å²) in [7, 11) is 0. The lowest BCUT2D eigenvalue weighted by atomic mass is 9.95. The predicted octanol–water partition coefficient (Wildman–Crippen LogP) is -0.492. The number of rotatable bonds is 4. The summed E-state index contributed by atoms with van der Waals surface area (Å²) in [6.07, 6.45) is 0.732. The molecule has 4 N–H and O–H groups in total. The van der Waals surface area contributed by atoms with E-state index in [1.807, 2.05) is 6.07 Å². The number of carbonyl (C=O) groups is 2. The Labute approximate surface area is 110 Å². The second-order valence-electron chi connectivity index (χ2n) is 4.42. The van der Waals surface area contributed by atoms with Crippen LogP contribution in [-0.4, -0.2) is 41.3 Å². The Morgan fingerprint density at radius 2 is 2.21 bits per heavy atom. The summed E-state index contributed by atoms with van der Waals surface area (Å²) in [5.41, 5.74) is 2.48. The highest BCUT2D eigenvalue weighted by atomic mass is 16.4. The molecule has 1 aliphatic rings. The Kier molecular flexibility index (Phi) is 4.13. The molecule has 0 saturated heterocycles. The van der Waals surface area contributed by atoms with Crippen molar-refractivity contribution in [2.75, 3.05) is 13.2 Å². The van der Waals surface area contributed by atoms with Crippen molar-refractivity contribution in [3.63, 3.8) is 0 Å². The standard InChI is InChI=1S/C13H16N2O4/c16-7-11(13(18)19)15-12(17)10-3-1-2-8-6-14-5-4-9(8)10/h1-3,11,14,16H,4-7H2,(H,15,17)(H,18,19)/t11-/m1/s1. The molecule has 1 atom stereocenters. The highest BCUT2D eigenvalue weighted by molar-refractivity contribution is 5.98. The summed E-state index contributed by atoms with van der Waals surface area (Å²) in [6, 6.07) is 4.12. The number of aliphatic carboxylic acids is 1. The number of carboxylic acid groups (broad SMARTS) is 1. The van der Waals surface area contributed by atoms with Crippen molar-refractivity contribution in [3.05, 3.63) is 34.9 Å². The van der Waals surface area contributed by atoms with E-state index in [0.29, 0.717) is 12.1 Å². The van der Waals surface area contributed by atoms with Crippen molar-refractivity contribution in [2.45, 2.75) is 19.0 Å². The summed E-state index contributed by atoms with van der Waals surface area (Å²) in [6.45, 7) is 0.871. The van der Waals surface area contributed by atoms with Crippen molar-refractivity contribution in [1.82, 2.24) is 10.6 Å². The molecule has 1 heterocycles. The smallest absolute Gasteiger partial charge is 0.328 e. The average Bonchev–Trinajstić information content (AvgIpc) is 2.43. The molecule has 19 heavy (non-hydrogen) atoms. The van der Waals surface area contributed by atoms with E-state index in [0.717, 1.165) is 24.1 Å². The molecule has 0 aromatic heterocycles. The van der Waals surface area contributed by atoms with Gasteiger partial charge in [-0.15, -0.1) is 0 Å². The van der Waals surface area contributed by atoms with Crippen LogP contribution in [0.25, 0.3) is 0 Å². The molecule has 0 spiro atoms. The van der Waals surface area contributed by atoms with Gasteiger partial charge in [-0.2, -0.15) is 0 Å². The monoisotopic (exact) mass is 264 g/mol. The van der Waals surface area contributed by atoms with Gasteiger partial charge in [0.05, 0.1) is 6.61 Å². The highest BCUT2D eigenvalue weighted by Crippen LogP contribution is 2.18. The van der Waals surface area contributed by atoms with Crippen molar-refractivity contribution < 1.29 is 19.8 Å². The molecule has 0 saturated carbocycles. The maximum Gasteiger partial charge on any atom is 0.328 e. The van der Waals surface area contributed by atoms with Crippen LogP contribution in [0.1, 0.15) is 21.5 Å². The number of carbonyl (C=O) groups excluding carboxylic acids is 1. The molecule has 0 radical (unpaired) electrons. The third-order valence-corrected chi connectivity index (χ3v) is 3.17. The fourth-order valence-electron chi connectivity index (χ4n) is 2.17. The Balaban J connectivity index is 2.22. The summed E-state index contributed by atoms with van der Waals surface area (Å²) >= 11 is 0. The molecule has 2 rings (SSSR count). The van der Waals surface area contributed by atoms with E-state index in [9.17, 15) is 9.59 Å². The van der Waals surface area contributed by atoms with Crippen molar-refractivity contribution in [1.29, 1.82) is 0 Å². The number of aliphatic hydroxyl groups excluding tert-OH is 1. The first-order valence-corrected chi connectivity index (χ1v) is 6.09. The maximum absolute atomic E-state index is 12.1. The quantitative estimate of drug-likeness (QED) is 0.588. The second kappa shape index (κ2) is 5.81. The van der Waals surface area contributed by atoms with Gasteiger partial charge in [-0.05, 0) is 30.2 Å². The Bertz CT molecular complexity index is 501. The van der Waals surface area contributed by atoms with E-state index in [2.05, 4.69) is 10.6 Å². The van der Waals surface area contributed by atoms with Gasteiger partial charge in [0.1, 0.15) is 0 Å². The molecule has 1 aromatic rings. The number of nitrogens with one attached hydrogen (secondary N) is 2. The van der Waals surface area contributed by atoms with Crippen molar-refractivity contribution in [2.24, 2.45) is 0 Å². The van der Waals surface area contributed by atoms with Crippen LogP contribution >= 0.6 is 0 Å². The van der Waals surface area contributed by atoms with E-state index in [1.165, 1.54) is 0 Å². The molecule has 0 unspecified atom stereocenters. The topological polar surface area (TPSA) is 98.7 Å². The number of aliphatic hydroxyl groups is 1. The normalized spacial score (nSPS) is 15.4. The fourth-order valence-corrected chi connectivity index (χ4v) is 2.17. The third kappa shape index (κ3) is 2.91. The van der Waals surface area contributed by atoms with Gasteiger partial charge in [-0.25, -0.2) is 4.79 Å². The third-order valence-electron chi connectivity index (χ3n) is 3.17. The van der Waals surface area contributed by atoms with Gasteiger partial charge >= 0.3 is 5.97 Å². The fraction of sp³-hybridized carbons (Fsp3) is 0.385. The zero-order valence-electron chi connectivity index (χ0n) is 10.3. The first-order valence-electron chi connectivity index (χ1n) is 6.09. The van der Waals surface area contributed by atoms with Gasteiger partial charge in [0.2, 0.25) is 0 Å². The van der Waals surface area contributed by atoms with Crippen LogP contribution in [0.5, 0.6) is 0 Å². The van der Waals surface area contributed by atoms with Gasteiger partial charge in [0.25, 0.3) is 5.91 Å². The van der Waals surface area contributed by atoms with Crippen LogP contribution in [-0.2, 0) is 17.8 Å². The van der Waals surface area contributed by atoms with Gasteiger partial charge < -0.3 is 20.8 Å². The Morgan fingerprint density at radius 1 is 1.42 bits per heavy atom. The second-order valence-corrected chi connectivity index (χ2v) is 4.42. The minimum atomic E-state index is -1.27. The SMILES string of the molecule is O=C(N[C@H](CO)C(=O)O)c1cccc2c1CCNC2. The van der Waals surface area contributed by atoms with Crippen molar-refractivity contribution in [3.8, 4) is 0 Å². The van der Waals surface area contributed by atoms with E-state index in [4.69, 9.17) is 10.2 Å². The zero-order chi connectivity index (χ0) is 13.8. The summed E-state index contributed by atoms with van der Waals surface area (Å²) < 4.78 is 0. The summed E-state index contributed by atoms with van der Waals surface area (Å²) in [5, 5.41) is 23.3. The van der Waals surface area contributed by atoms with Gasteiger partial charge in [0, 0.05) is 12.1 Å². The summed E-state index contributed by atoms with van der Waals surface area (Å²) in [5.74, 6) is -1.71. The molecular weight excluding hydrogens is 248 g/mol. The van der Waals surface area contributed by atoms with E-state index < -0.39 is 24.5 Å². The Morgan fingerprint density at radius 3 is 2.89 bits per heavy atom. The predicted molar refractivity (Wildman–Crippen MR) is 67.8 cm³/mol. The first kappa shape index (κ1) is 13.5. The molecule has 6 heteroatoms. The lowest BCUT2D eigenvalue weighted by molar-refractivity contribution is -0.140. The number of fused-ring (bicyclic) bond motifs is 1. The van der Waals surface area contributed by atoms with Crippen LogP contribution in [0.3, 0.4) is 0 Å². The van der Waals surface area contributed by atoms with Gasteiger partial charge in [-0.1, -0.05) is 12.1 Å². The van der Waals surface area contributed by atoms with E-state index >= 15 is 0 Å². The lowest BCUT2D eigenvalue weighted by Gasteiger charge is -2.20. The first-order chi connectivity index (χ1) is 9.13. The van der Waals surface area contributed by atoms with Crippen LogP contribution in [0.2, 0.25) is 0 Å². The number of amides is 1. The summed E-state index contributed by atoms with van der Waals surface area (Å²) in [4.78, 5) is 22.9. The Hall–Kier alpha value is -1.92. The minimum absolute atomic E-state index is 0.458. The molecule has 0 aliphatic carbocycles. The molecule has 6 nitrogen and oxygen atoms in total. The van der Waals surface area contributed by atoms with Crippen LogP contribution in [0.15, 0.2) is 18.2 Å². The number of benzene rings is 1. The molecule has 0 bridgehead atoms. The molecular formula is C13H16N2O4. The molecule has 1 aromatic carbocycles. The molecule has 0 fully saturated rings. The molecule has 1 aliphatic heterocycles. The van der Waals surface area contributed by atoms with Crippen LogP contribution in [0, 0.1) is 0 Å². The number of carboxylic acids is 1. The lowest BCUT2D eigenvalue weighted by Crippen LogP contribution is -2.43. The van der Waals surface area contributed by atoms with Gasteiger partial charge in [-0.3, -0.25) is 4.79 Å². The average molecular weight is 264 g/mol. The minimum Gasteiger partial charge on any atom is -0.480 e. The van der Waals surface area contributed by atoms with Crippen LogP contribution < -0.4 is 10.6 Å². The van der Waals surface area contributed by atoms with Crippen molar-refractivity contribution >= 4 is 11.9 Å². The number of hydrogen-bond donors (Lipinski definition) is 4.